The second kappa shape index (κ2) is 5.88. The van der Waals surface area contributed by atoms with Crippen LogP contribution in [-0.2, 0) is 10.0 Å². The van der Waals surface area contributed by atoms with Crippen LogP contribution in [-0.4, -0.2) is 27.3 Å². The fourth-order valence-corrected chi connectivity index (χ4v) is 3.81. The smallest absolute Gasteiger partial charge is 0.233 e. The molecule has 0 aliphatic carbocycles. The van der Waals surface area contributed by atoms with Gasteiger partial charge in [-0.05, 0) is 56.5 Å². The van der Waals surface area contributed by atoms with Crippen LogP contribution in [0.5, 0.6) is 0 Å². The van der Waals surface area contributed by atoms with Gasteiger partial charge in [-0.15, -0.1) is 0 Å². The summed E-state index contributed by atoms with van der Waals surface area (Å²) in [7, 11) is -3.49. The largest absolute Gasteiger partial charge is 0.317 e. The van der Waals surface area contributed by atoms with Gasteiger partial charge in [0.1, 0.15) is 5.82 Å². The summed E-state index contributed by atoms with van der Waals surface area (Å²) in [4.78, 5) is 0. The molecule has 4 nitrogen and oxygen atoms in total. The van der Waals surface area contributed by atoms with Crippen LogP contribution in [0, 0.1) is 18.7 Å². The van der Waals surface area contributed by atoms with Crippen LogP contribution in [0.3, 0.4) is 0 Å². The summed E-state index contributed by atoms with van der Waals surface area (Å²) in [6, 6.07) is 4.47. The molecule has 2 N–H and O–H groups in total. The van der Waals surface area contributed by atoms with Crippen molar-refractivity contribution in [3.05, 3.63) is 29.6 Å². The third-order valence-electron chi connectivity index (χ3n) is 3.30. The van der Waals surface area contributed by atoms with Crippen molar-refractivity contribution in [2.24, 2.45) is 5.92 Å². The normalized spacial score (nSPS) is 17.4. The average molecular weight is 286 g/mol. The van der Waals surface area contributed by atoms with Gasteiger partial charge < -0.3 is 5.32 Å². The van der Waals surface area contributed by atoms with Gasteiger partial charge in [0.05, 0.1) is 11.4 Å². The highest BCUT2D eigenvalue weighted by atomic mass is 32.2. The number of benzene rings is 1. The van der Waals surface area contributed by atoms with Gasteiger partial charge in [0.2, 0.25) is 10.0 Å². The minimum atomic E-state index is -3.49. The third kappa shape index (κ3) is 4.18. The molecule has 1 aliphatic rings. The molecule has 0 saturated carbocycles. The molecule has 1 aromatic carbocycles. The fourth-order valence-electron chi connectivity index (χ4n) is 2.27. The number of nitrogens with one attached hydrogen (secondary N) is 2. The van der Waals surface area contributed by atoms with Crippen LogP contribution in [0.4, 0.5) is 10.1 Å². The maximum atomic E-state index is 13.6. The van der Waals surface area contributed by atoms with Crippen molar-refractivity contribution in [1.82, 2.24) is 5.32 Å². The summed E-state index contributed by atoms with van der Waals surface area (Å²) >= 11 is 0. The standard InChI is InChI=1S/C13H19FN2O2S/c1-10-2-3-13(12(14)8-10)16-19(17,18)9-11-4-6-15-7-5-11/h2-3,8,11,15-16H,4-7,9H2,1H3. The summed E-state index contributed by atoms with van der Waals surface area (Å²) in [5.74, 6) is -0.330. The van der Waals surface area contributed by atoms with Crippen LogP contribution >= 0.6 is 0 Å². The molecule has 0 aromatic heterocycles. The van der Waals surface area contributed by atoms with Gasteiger partial charge in [0.25, 0.3) is 0 Å². The quantitative estimate of drug-likeness (QED) is 0.888. The minimum Gasteiger partial charge on any atom is -0.317 e. The highest BCUT2D eigenvalue weighted by Gasteiger charge is 2.21. The van der Waals surface area contributed by atoms with Crippen molar-refractivity contribution in [1.29, 1.82) is 0 Å². The average Bonchev–Trinajstić information content (AvgIpc) is 2.33. The first kappa shape index (κ1) is 14.3. The lowest BCUT2D eigenvalue weighted by Gasteiger charge is -2.22. The Balaban J connectivity index is 2.03. The Kier molecular flexibility index (Phi) is 4.42. The molecule has 106 valence electrons. The van der Waals surface area contributed by atoms with E-state index < -0.39 is 15.8 Å². The Bertz CT molecular complexity index is 540. The van der Waals surface area contributed by atoms with E-state index in [-0.39, 0.29) is 17.4 Å². The SMILES string of the molecule is Cc1ccc(NS(=O)(=O)CC2CCNCC2)c(F)c1. The zero-order chi connectivity index (χ0) is 13.9. The summed E-state index contributed by atoms with van der Waals surface area (Å²) in [5, 5.41) is 3.19. The molecule has 0 amide bonds. The fraction of sp³-hybridized carbons (Fsp3) is 0.538. The zero-order valence-corrected chi connectivity index (χ0v) is 11.8. The van der Waals surface area contributed by atoms with Crippen molar-refractivity contribution in [3.63, 3.8) is 0 Å². The van der Waals surface area contributed by atoms with Gasteiger partial charge in [-0.25, -0.2) is 12.8 Å². The van der Waals surface area contributed by atoms with Gasteiger partial charge in [-0.1, -0.05) is 6.07 Å². The van der Waals surface area contributed by atoms with Gasteiger partial charge in [-0.3, -0.25) is 4.72 Å². The summed E-state index contributed by atoms with van der Waals surface area (Å²) < 4.78 is 40.0. The van der Waals surface area contributed by atoms with Crippen molar-refractivity contribution in [2.45, 2.75) is 19.8 Å². The van der Waals surface area contributed by atoms with Gasteiger partial charge >= 0.3 is 0 Å². The molecular weight excluding hydrogens is 267 g/mol. The van der Waals surface area contributed by atoms with E-state index in [1.807, 2.05) is 0 Å². The number of anilines is 1. The number of halogens is 1. The maximum absolute atomic E-state index is 13.6. The van der Waals surface area contributed by atoms with Crippen molar-refractivity contribution >= 4 is 15.7 Å². The Hall–Kier alpha value is -1.14. The Labute approximate surface area is 113 Å². The topological polar surface area (TPSA) is 58.2 Å². The second-order valence-electron chi connectivity index (χ2n) is 5.06. The highest BCUT2D eigenvalue weighted by molar-refractivity contribution is 7.92. The monoisotopic (exact) mass is 286 g/mol. The summed E-state index contributed by atoms with van der Waals surface area (Å²) in [6.45, 7) is 3.45. The molecule has 19 heavy (non-hydrogen) atoms. The Morgan fingerprint density at radius 1 is 1.37 bits per heavy atom. The molecule has 0 spiro atoms. The third-order valence-corrected chi connectivity index (χ3v) is 4.75. The Morgan fingerprint density at radius 2 is 2.05 bits per heavy atom. The lowest BCUT2D eigenvalue weighted by Crippen LogP contribution is -2.33. The first-order valence-electron chi connectivity index (χ1n) is 6.44. The molecule has 0 unspecified atom stereocenters. The van der Waals surface area contributed by atoms with Gasteiger partial charge in [0, 0.05) is 0 Å². The van der Waals surface area contributed by atoms with E-state index in [0.29, 0.717) is 0 Å². The lowest BCUT2D eigenvalue weighted by atomic mass is 10.0. The molecule has 0 bridgehead atoms. The van der Waals surface area contributed by atoms with E-state index >= 15 is 0 Å². The Morgan fingerprint density at radius 3 is 2.68 bits per heavy atom. The number of hydrogen-bond donors (Lipinski definition) is 2. The van der Waals surface area contributed by atoms with Crippen molar-refractivity contribution in [3.8, 4) is 0 Å². The second-order valence-corrected chi connectivity index (χ2v) is 6.83. The van der Waals surface area contributed by atoms with Crippen molar-refractivity contribution < 1.29 is 12.8 Å². The number of rotatable bonds is 4. The molecule has 6 heteroatoms. The van der Waals surface area contributed by atoms with Crippen LogP contribution in [0.2, 0.25) is 0 Å². The number of sulfonamides is 1. The summed E-state index contributed by atoms with van der Waals surface area (Å²) in [6.07, 6.45) is 1.69. The summed E-state index contributed by atoms with van der Waals surface area (Å²) in [5.41, 5.74) is 0.790. The van der Waals surface area contributed by atoms with Gasteiger partial charge in [0.15, 0.2) is 0 Å². The molecule has 1 fully saturated rings. The predicted octanol–water partition coefficient (Wildman–Crippen LogP) is 1.88. The number of aryl methyl sites for hydroxylation is 1. The van der Waals surface area contributed by atoms with E-state index in [9.17, 15) is 12.8 Å². The van der Waals surface area contributed by atoms with E-state index in [1.54, 1.807) is 13.0 Å². The van der Waals surface area contributed by atoms with E-state index in [4.69, 9.17) is 0 Å². The van der Waals surface area contributed by atoms with E-state index in [0.717, 1.165) is 31.5 Å². The van der Waals surface area contributed by atoms with Gasteiger partial charge in [-0.2, -0.15) is 0 Å². The molecule has 2 rings (SSSR count). The van der Waals surface area contributed by atoms with E-state index in [1.165, 1.54) is 12.1 Å². The first-order valence-corrected chi connectivity index (χ1v) is 8.09. The van der Waals surface area contributed by atoms with Crippen LogP contribution < -0.4 is 10.0 Å². The maximum Gasteiger partial charge on any atom is 0.233 e. The molecule has 1 saturated heterocycles. The molecule has 0 radical (unpaired) electrons. The van der Waals surface area contributed by atoms with Crippen LogP contribution in [0.15, 0.2) is 18.2 Å². The van der Waals surface area contributed by atoms with Crippen LogP contribution in [0.25, 0.3) is 0 Å². The lowest BCUT2D eigenvalue weighted by molar-refractivity contribution is 0.402. The predicted molar refractivity (Wildman–Crippen MR) is 74.1 cm³/mol. The zero-order valence-electron chi connectivity index (χ0n) is 10.9. The molecule has 1 aromatic rings. The van der Waals surface area contributed by atoms with Crippen LogP contribution in [0.1, 0.15) is 18.4 Å². The molecule has 1 heterocycles. The minimum absolute atomic E-state index is 0.0273. The van der Waals surface area contributed by atoms with E-state index in [2.05, 4.69) is 10.0 Å². The molecule has 0 atom stereocenters. The van der Waals surface area contributed by atoms with Crippen molar-refractivity contribution in [2.75, 3.05) is 23.6 Å². The highest BCUT2D eigenvalue weighted by Crippen LogP contribution is 2.19. The first-order chi connectivity index (χ1) is 8.96. The molecule has 1 aliphatic heterocycles. The number of piperidine rings is 1. The molecular formula is C13H19FN2O2S. The number of hydrogen-bond acceptors (Lipinski definition) is 3.